The van der Waals surface area contributed by atoms with Gasteiger partial charge < -0.3 is 15.8 Å². The fraction of sp³-hybridized carbons (Fsp3) is 0.462. The van der Waals surface area contributed by atoms with Crippen LogP contribution in [0.4, 0.5) is 0 Å². The zero-order valence-corrected chi connectivity index (χ0v) is 10.6. The number of benzene rings is 1. The number of nitrogens with two attached hydrogens (primary N) is 1. The van der Waals surface area contributed by atoms with Gasteiger partial charge in [-0.1, -0.05) is 12.1 Å². The molecule has 1 aromatic carbocycles. The monoisotopic (exact) mass is 236 g/mol. The van der Waals surface area contributed by atoms with Crippen molar-refractivity contribution in [2.24, 2.45) is 5.73 Å². The summed E-state index contributed by atoms with van der Waals surface area (Å²) in [6.45, 7) is 6.63. The Morgan fingerprint density at radius 3 is 2.82 bits per heavy atom. The Balaban J connectivity index is 2.36. The van der Waals surface area contributed by atoms with Crippen LogP contribution in [0.25, 0.3) is 0 Å². The van der Waals surface area contributed by atoms with Crippen molar-refractivity contribution in [1.29, 1.82) is 0 Å². The molecule has 94 valence electrons. The molecule has 0 saturated carbocycles. The van der Waals surface area contributed by atoms with Gasteiger partial charge in [-0.2, -0.15) is 0 Å². The van der Waals surface area contributed by atoms with E-state index in [1.807, 2.05) is 32.0 Å². The maximum atomic E-state index is 11.2. The van der Waals surface area contributed by atoms with Crippen LogP contribution < -0.4 is 15.8 Å². The maximum Gasteiger partial charge on any atom is 0.236 e. The second kappa shape index (κ2) is 6.25. The highest BCUT2D eigenvalue weighted by Crippen LogP contribution is 2.20. The Bertz CT molecular complexity index is 389. The van der Waals surface area contributed by atoms with E-state index in [0.29, 0.717) is 13.2 Å². The van der Waals surface area contributed by atoms with E-state index in [1.165, 1.54) is 5.56 Å². The number of aryl methyl sites for hydroxylation is 1. The number of nitrogens with one attached hydrogen (secondary N) is 1. The molecule has 0 aliphatic rings. The summed E-state index contributed by atoms with van der Waals surface area (Å²) in [7, 11) is 0. The van der Waals surface area contributed by atoms with Crippen LogP contribution in [0.1, 0.15) is 18.1 Å². The van der Waals surface area contributed by atoms with Crippen LogP contribution in [0.15, 0.2) is 18.2 Å². The second-order valence-electron chi connectivity index (χ2n) is 4.13. The van der Waals surface area contributed by atoms with Crippen LogP contribution in [0, 0.1) is 13.8 Å². The van der Waals surface area contributed by atoms with E-state index in [2.05, 4.69) is 5.32 Å². The third kappa shape index (κ3) is 4.07. The van der Waals surface area contributed by atoms with Crippen LogP contribution in [-0.4, -0.2) is 25.1 Å². The van der Waals surface area contributed by atoms with Crippen LogP contribution in [-0.2, 0) is 4.79 Å². The zero-order valence-electron chi connectivity index (χ0n) is 10.6. The third-order valence-electron chi connectivity index (χ3n) is 2.63. The number of rotatable bonds is 5. The SMILES string of the molecule is Cc1cccc(OCCNC(=O)C(C)N)c1C. The second-order valence-corrected chi connectivity index (χ2v) is 4.13. The zero-order chi connectivity index (χ0) is 12.8. The van der Waals surface area contributed by atoms with E-state index >= 15 is 0 Å². The Kier molecular flexibility index (Phi) is 4.97. The molecule has 1 aromatic rings. The van der Waals surface area contributed by atoms with Gasteiger partial charge in [-0.05, 0) is 38.0 Å². The molecule has 1 rings (SSSR count). The Labute approximate surface area is 102 Å². The summed E-state index contributed by atoms with van der Waals surface area (Å²) in [5.41, 5.74) is 7.75. The van der Waals surface area contributed by atoms with Gasteiger partial charge in [0.25, 0.3) is 0 Å². The van der Waals surface area contributed by atoms with Gasteiger partial charge in [0, 0.05) is 0 Å². The highest BCUT2D eigenvalue weighted by molar-refractivity contribution is 5.80. The van der Waals surface area contributed by atoms with Crippen molar-refractivity contribution in [2.45, 2.75) is 26.8 Å². The summed E-state index contributed by atoms with van der Waals surface area (Å²) in [6.07, 6.45) is 0. The summed E-state index contributed by atoms with van der Waals surface area (Å²) in [4.78, 5) is 11.2. The first kappa shape index (κ1) is 13.5. The number of ether oxygens (including phenoxy) is 1. The Morgan fingerprint density at radius 2 is 2.18 bits per heavy atom. The van der Waals surface area contributed by atoms with Crippen molar-refractivity contribution in [3.05, 3.63) is 29.3 Å². The number of carbonyl (C=O) groups is 1. The van der Waals surface area contributed by atoms with Gasteiger partial charge >= 0.3 is 0 Å². The van der Waals surface area contributed by atoms with Crippen molar-refractivity contribution in [2.75, 3.05) is 13.2 Å². The minimum Gasteiger partial charge on any atom is -0.491 e. The first-order valence-electron chi connectivity index (χ1n) is 5.74. The van der Waals surface area contributed by atoms with E-state index in [4.69, 9.17) is 10.5 Å². The van der Waals surface area contributed by atoms with E-state index in [9.17, 15) is 4.79 Å². The number of hydrogen-bond donors (Lipinski definition) is 2. The fourth-order valence-electron chi connectivity index (χ4n) is 1.38. The predicted octanol–water partition coefficient (Wildman–Crippen LogP) is 1.15. The lowest BCUT2D eigenvalue weighted by atomic mass is 10.1. The number of amides is 1. The quantitative estimate of drug-likeness (QED) is 0.754. The average Bonchev–Trinajstić information content (AvgIpc) is 2.29. The molecular weight excluding hydrogens is 216 g/mol. The lowest BCUT2D eigenvalue weighted by Crippen LogP contribution is -2.40. The molecule has 0 saturated heterocycles. The molecule has 0 aromatic heterocycles. The summed E-state index contributed by atoms with van der Waals surface area (Å²) < 4.78 is 5.59. The smallest absolute Gasteiger partial charge is 0.236 e. The lowest BCUT2D eigenvalue weighted by Gasteiger charge is -2.12. The van der Waals surface area contributed by atoms with Gasteiger partial charge in [-0.25, -0.2) is 0 Å². The molecule has 4 heteroatoms. The molecule has 0 aliphatic heterocycles. The van der Waals surface area contributed by atoms with Gasteiger partial charge in [0.05, 0.1) is 12.6 Å². The first-order valence-corrected chi connectivity index (χ1v) is 5.74. The molecule has 0 aliphatic carbocycles. The Hall–Kier alpha value is -1.55. The molecule has 0 heterocycles. The van der Waals surface area contributed by atoms with Crippen LogP contribution in [0.5, 0.6) is 5.75 Å². The third-order valence-corrected chi connectivity index (χ3v) is 2.63. The summed E-state index contributed by atoms with van der Waals surface area (Å²) >= 11 is 0. The normalized spacial score (nSPS) is 12.0. The molecule has 0 bridgehead atoms. The van der Waals surface area contributed by atoms with E-state index in [0.717, 1.165) is 11.3 Å². The van der Waals surface area contributed by atoms with E-state index < -0.39 is 6.04 Å². The Morgan fingerprint density at radius 1 is 1.47 bits per heavy atom. The molecule has 1 unspecified atom stereocenters. The summed E-state index contributed by atoms with van der Waals surface area (Å²) in [6, 6.07) is 5.45. The van der Waals surface area contributed by atoms with Crippen molar-refractivity contribution >= 4 is 5.91 Å². The van der Waals surface area contributed by atoms with Gasteiger partial charge in [0.1, 0.15) is 12.4 Å². The van der Waals surface area contributed by atoms with E-state index in [1.54, 1.807) is 6.92 Å². The fourth-order valence-corrected chi connectivity index (χ4v) is 1.38. The molecule has 1 atom stereocenters. The molecule has 0 fully saturated rings. The minimum absolute atomic E-state index is 0.158. The molecule has 3 N–H and O–H groups in total. The van der Waals surface area contributed by atoms with E-state index in [-0.39, 0.29) is 5.91 Å². The topological polar surface area (TPSA) is 64.3 Å². The largest absolute Gasteiger partial charge is 0.491 e. The van der Waals surface area contributed by atoms with Gasteiger partial charge in [-0.3, -0.25) is 4.79 Å². The molecule has 1 amide bonds. The molecule has 0 radical (unpaired) electrons. The maximum absolute atomic E-state index is 11.2. The van der Waals surface area contributed by atoms with Crippen LogP contribution >= 0.6 is 0 Å². The van der Waals surface area contributed by atoms with Crippen molar-refractivity contribution in [3.63, 3.8) is 0 Å². The molecule has 17 heavy (non-hydrogen) atoms. The highest BCUT2D eigenvalue weighted by atomic mass is 16.5. The van der Waals surface area contributed by atoms with Gasteiger partial charge in [0.2, 0.25) is 5.91 Å². The van der Waals surface area contributed by atoms with Crippen LogP contribution in [0.3, 0.4) is 0 Å². The minimum atomic E-state index is -0.476. The van der Waals surface area contributed by atoms with Gasteiger partial charge in [0.15, 0.2) is 0 Å². The lowest BCUT2D eigenvalue weighted by molar-refractivity contribution is -0.122. The van der Waals surface area contributed by atoms with Crippen molar-refractivity contribution in [3.8, 4) is 5.75 Å². The van der Waals surface area contributed by atoms with Crippen molar-refractivity contribution in [1.82, 2.24) is 5.32 Å². The van der Waals surface area contributed by atoms with Crippen molar-refractivity contribution < 1.29 is 9.53 Å². The summed E-state index contributed by atoms with van der Waals surface area (Å²) in [5, 5.41) is 2.70. The number of hydrogen-bond acceptors (Lipinski definition) is 3. The standard InChI is InChI=1S/C13H20N2O2/c1-9-5-4-6-12(10(9)2)17-8-7-15-13(16)11(3)14/h4-6,11H,7-8,14H2,1-3H3,(H,15,16). The summed E-state index contributed by atoms with van der Waals surface area (Å²) in [5.74, 6) is 0.703. The number of carbonyl (C=O) groups excluding carboxylic acids is 1. The van der Waals surface area contributed by atoms with Crippen LogP contribution in [0.2, 0.25) is 0 Å². The predicted molar refractivity (Wildman–Crippen MR) is 68.1 cm³/mol. The first-order chi connectivity index (χ1) is 8.02. The molecule has 0 spiro atoms. The molecular formula is C13H20N2O2. The molecule has 4 nitrogen and oxygen atoms in total. The highest BCUT2D eigenvalue weighted by Gasteiger charge is 2.06. The van der Waals surface area contributed by atoms with Gasteiger partial charge in [-0.15, -0.1) is 0 Å². The average molecular weight is 236 g/mol.